The van der Waals surface area contributed by atoms with Gasteiger partial charge in [0, 0.05) is 36.4 Å². The third-order valence-corrected chi connectivity index (χ3v) is 4.71. The number of carbonyl (C=O) groups excluding carboxylic acids is 2. The van der Waals surface area contributed by atoms with Gasteiger partial charge in [0.25, 0.3) is 0 Å². The van der Waals surface area contributed by atoms with E-state index in [-0.39, 0.29) is 0 Å². The predicted molar refractivity (Wildman–Crippen MR) is 103 cm³/mol. The molecule has 2 aliphatic rings. The van der Waals surface area contributed by atoms with Crippen molar-refractivity contribution >= 4 is 23.1 Å². The Labute approximate surface area is 172 Å². The van der Waals surface area contributed by atoms with Crippen LogP contribution in [-0.2, 0) is 19.3 Å². The monoisotopic (exact) mass is 414 g/mol. The zero-order valence-electron chi connectivity index (χ0n) is 16.8. The fourth-order valence-corrected chi connectivity index (χ4v) is 3.28. The summed E-state index contributed by atoms with van der Waals surface area (Å²) in [6.45, 7) is 5.20. The van der Waals surface area contributed by atoms with Crippen LogP contribution in [0.5, 0.6) is 0 Å². The number of carbonyl (C=O) groups is 2. The summed E-state index contributed by atoms with van der Waals surface area (Å²) < 4.78 is 10.5. The van der Waals surface area contributed by atoms with Crippen molar-refractivity contribution in [3.8, 4) is 0 Å². The Morgan fingerprint density at radius 1 is 0.833 bits per heavy atom. The molecule has 0 saturated carbocycles. The number of hydroxylamine groups is 4. The molecule has 2 aromatic rings. The highest BCUT2D eigenvalue weighted by Crippen LogP contribution is 2.23. The van der Waals surface area contributed by atoms with Gasteiger partial charge in [-0.25, -0.2) is 9.59 Å². The first-order chi connectivity index (χ1) is 14.5. The van der Waals surface area contributed by atoms with Crippen LogP contribution in [0.25, 0.3) is 11.1 Å². The van der Waals surface area contributed by atoms with Crippen molar-refractivity contribution in [2.75, 3.05) is 26.2 Å². The predicted octanol–water partition coefficient (Wildman–Crippen LogP) is 2.07. The van der Waals surface area contributed by atoms with E-state index in [0.29, 0.717) is 50.5 Å². The smallest absolute Gasteiger partial charge is 0.359 e. The first-order valence-corrected chi connectivity index (χ1v) is 9.67. The minimum Gasteiger partial charge on any atom is -0.359 e. The van der Waals surface area contributed by atoms with Gasteiger partial charge in [0.05, 0.1) is 24.5 Å². The van der Waals surface area contributed by atoms with Gasteiger partial charge in [0.1, 0.15) is 0 Å². The van der Waals surface area contributed by atoms with Crippen LogP contribution < -0.4 is 0 Å². The van der Waals surface area contributed by atoms with E-state index in [4.69, 9.17) is 18.7 Å². The highest BCUT2D eigenvalue weighted by atomic mass is 16.8. The van der Waals surface area contributed by atoms with Crippen LogP contribution in [0.3, 0.4) is 0 Å². The summed E-state index contributed by atoms with van der Waals surface area (Å²) >= 11 is 0. The fourth-order valence-electron chi connectivity index (χ4n) is 3.28. The Bertz CT molecular complexity index is 924. The third-order valence-electron chi connectivity index (χ3n) is 4.71. The normalized spacial score (nSPS) is 17.9. The molecule has 4 rings (SSSR count). The molecular weight excluding hydrogens is 392 g/mol. The highest BCUT2D eigenvalue weighted by molar-refractivity contribution is 6.29. The molecule has 2 aliphatic heterocycles. The molecule has 0 fully saturated rings. The number of hydrogen-bond acceptors (Lipinski definition) is 10. The zero-order chi connectivity index (χ0) is 21.1. The van der Waals surface area contributed by atoms with Gasteiger partial charge in [0.2, 0.25) is 0 Å². The summed E-state index contributed by atoms with van der Waals surface area (Å²) in [7, 11) is 0. The lowest BCUT2D eigenvalue weighted by molar-refractivity contribution is -0.215. The van der Waals surface area contributed by atoms with Gasteiger partial charge >= 0.3 is 11.9 Å². The van der Waals surface area contributed by atoms with E-state index in [9.17, 15) is 9.59 Å². The molecule has 0 unspecified atom stereocenters. The number of aromatic nitrogens is 2. The van der Waals surface area contributed by atoms with Gasteiger partial charge in [-0.3, -0.25) is 0 Å². The van der Waals surface area contributed by atoms with Crippen LogP contribution in [0.4, 0.5) is 0 Å². The SMILES string of the molecule is Cc1cc(C2=CCCN(OC(=O)C(=O)ON3CCC=C(c4cc(C)no4)C3)C2)on1. The topological polar surface area (TPSA) is 111 Å². The molecule has 2 aromatic heterocycles. The molecule has 158 valence electrons. The minimum absolute atomic E-state index is 0.301. The molecule has 0 aromatic carbocycles. The Morgan fingerprint density at radius 2 is 1.27 bits per heavy atom. The van der Waals surface area contributed by atoms with Crippen LogP contribution in [-0.4, -0.2) is 58.6 Å². The summed E-state index contributed by atoms with van der Waals surface area (Å²) in [5, 5.41) is 10.6. The summed E-state index contributed by atoms with van der Waals surface area (Å²) in [6, 6.07) is 3.62. The van der Waals surface area contributed by atoms with E-state index in [1.165, 1.54) is 10.1 Å². The standard InChI is InChI=1S/C20H22N4O6/c1-13-9-17(27-21-13)15-5-3-7-23(11-15)29-19(25)20(26)30-24-8-4-6-16(12-24)18-10-14(2)22-28-18/h5-6,9-10H,3-4,7-8,11-12H2,1-2H3. The molecule has 0 radical (unpaired) electrons. The second-order valence-corrected chi connectivity index (χ2v) is 7.19. The third kappa shape index (κ3) is 4.66. The minimum atomic E-state index is -1.07. The highest BCUT2D eigenvalue weighted by Gasteiger charge is 2.28. The van der Waals surface area contributed by atoms with Gasteiger partial charge in [-0.05, 0) is 26.7 Å². The summed E-state index contributed by atoms with van der Waals surface area (Å²) in [4.78, 5) is 34.9. The number of aryl methyl sites for hydroxylation is 2. The number of hydrogen-bond donors (Lipinski definition) is 0. The second-order valence-electron chi connectivity index (χ2n) is 7.19. The van der Waals surface area contributed by atoms with Crippen molar-refractivity contribution in [2.24, 2.45) is 0 Å². The van der Waals surface area contributed by atoms with Gasteiger partial charge in [-0.2, -0.15) is 0 Å². The molecular formula is C20H22N4O6. The maximum absolute atomic E-state index is 12.2. The molecule has 0 atom stereocenters. The van der Waals surface area contributed by atoms with Crippen molar-refractivity contribution in [3.05, 3.63) is 47.2 Å². The lowest BCUT2D eigenvalue weighted by atomic mass is 10.1. The first kappa shape index (κ1) is 20.0. The van der Waals surface area contributed by atoms with Crippen LogP contribution in [0.1, 0.15) is 35.7 Å². The molecule has 0 N–H and O–H groups in total. The molecule has 10 nitrogen and oxygen atoms in total. The van der Waals surface area contributed by atoms with Crippen LogP contribution in [0.15, 0.2) is 33.3 Å². The van der Waals surface area contributed by atoms with E-state index in [2.05, 4.69) is 10.3 Å². The van der Waals surface area contributed by atoms with Crippen molar-refractivity contribution in [1.82, 2.24) is 20.4 Å². The molecule has 0 bridgehead atoms. The van der Waals surface area contributed by atoms with E-state index in [0.717, 1.165) is 22.5 Å². The molecule has 0 saturated heterocycles. The number of nitrogens with zero attached hydrogens (tertiary/aromatic N) is 4. The van der Waals surface area contributed by atoms with Gasteiger partial charge in [0.15, 0.2) is 11.5 Å². The van der Waals surface area contributed by atoms with E-state index in [1.807, 2.05) is 38.1 Å². The average Bonchev–Trinajstić information content (AvgIpc) is 3.37. The maximum atomic E-state index is 12.2. The van der Waals surface area contributed by atoms with E-state index >= 15 is 0 Å². The first-order valence-electron chi connectivity index (χ1n) is 9.67. The van der Waals surface area contributed by atoms with Crippen molar-refractivity contribution in [3.63, 3.8) is 0 Å². The molecule has 0 amide bonds. The van der Waals surface area contributed by atoms with Gasteiger partial charge in [-0.1, -0.05) is 22.5 Å². The van der Waals surface area contributed by atoms with E-state index in [1.54, 1.807) is 0 Å². The van der Waals surface area contributed by atoms with E-state index < -0.39 is 11.9 Å². The molecule has 10 heteroatoms. The van der Waals surface area contributed by atoms with Crippen molar-refractivity contribution < 1.29 is 28.3 Å². The lowest BCUT2D eigenvalue weighted by Gasteiger charge is -2.26. The molecule has 0 aliphatic carbocycles. The Balaban J connectivity index is 1.29. The zero-order valence-corrected chi connectivity index (χ0v) is 16.8. The molecule has 0 spiro atoms. The van der Waals surface area contributed by atoms with Gasteiger partial charge in [-0.15, -0.1) is 10.1 Å². The van der Waals surface area contributed by atoms with Crippen LogP contribution in [0.2, 0.25) is 0 Å². The molecule has 4 heterocycles. The summed E-state index contributed by atoms with van der Waals surface area (Å²) in [6.07, 6.45) is 5.29. The van der Waals surface area contributed by atoms with Crippen LogP contribution in [0, 0.1) is 13.8 Å². The lowest BCUT2D eigenvalue weighted by Crippen LogP contribution is -2.39. The van der Waals surface area contributed by atoms with Gasteiger partial charge < -0.3 is 18.7 Å². The quantitative estimate of drug-likeness (QED) is 0.689. The average molecular weight is 414 g/mol. The van der Waals surface area contributed by atoms with Crippen molar-refractivity contribution in [2.45, 2.75) is 26.7 Å². The maximum Gasteiger partial charge on any atom is 0.438 e. The second kappa shape index (κ2) is 8.64. The Morgan fingerprint density at radius 3 is 1.63 bits per heavy atom. The molecule has 30 heavy (non-hydrogen) atoms. The Kier molecular flexibility index (Phi) is 5.77. The van der Waals surface area contributed by atoms with Crippen LogP contribution >= 0.6 is 0 Å². The largest absolute Gasteiger partial charge is 0.438 e. The summed E-state index contributed by atoms with van der Waals surface area (Å²) in [5.74, 6) is -0.912. The fraction of sp³-hybridized carbons (Fsp3) is 0.400. The Hall–Kier alpha value is -3.24. The van der Waals surface area contributed by atoms with Crippen molar-refractivity contribution in [1.29, 1.82) is 0 Å². The summed E-state index contributed by atoms with van der Waals surface area (Å²) in [5.41, 5.74) is 3.21. The number of rotatable bonds is 4.